The molecule has 0 amide bonds. The van der Waals surface area contributed by atoms with Crippen molar-refractivity contribution in [3.8, 4) is 11.3 Å². The van der Waals surface area contributed by atoms with Gasteiger partial charge in [-0.1, -0.05) is 6.07 Å². The summed E-state index contributed by atoms with van der Waals surface area (Å²) in [5.74, 6) is -1.57. The smallest absolute Gasteiger partial charge is 0.335 e. The maximum absolute atomic E-state index is 13.5. The number of carbonyl (C=O) groups is 1. The fourth-order valence-corrected chi connectivity index (χ4v) is 1.38. The van der Waals surface area contributed by atoms with Crippen LogP contribution in [0, 0.1) is 5.82 Å². The minimum absolute atomic E-state index is 0.0436. The summed E-state index contributed by atoms with van der Waals surface area (Å²) in [5, 5.41) is 8.80. The van der Waals surface area contributed by atoms with E-state index in [4.69, 9.17) is 5.11 Å². The monoisotopic (exact) mass is 217 g/mol. The van der Waals surface area contributed by atoms with Crippen molar-refractivity contribution >= 4 is 5.97 Å². The van der Waals surface area contributed by atoms with E-state index in [0.717, 1.165) is 6.07 Å². The molecule has 1 aromatic carbocycles. The van der Waals surface area contributed by atoms with Gasteiger partial charge in [0.1, 0.15) is 5.82 Å². The standard InChI is InChI=1S/C12H8FNO2/c13-10-5-4-8(12(15)16)7-9(10)11-3-1-2-6-14-11/h1-7H,(H,15,16). The van der Waals surface area contributed by atoms with Crippen molar-refractivity contribution in [3.63, 3.8) is 0 Å². The maximum atomic E-state index is 13.5. The van der Waals surface area contributed by atoms with Gasteiger partial charge in [-0.3, -0.25) is 4.98 Å². The Morgan fingerprint density at radius 1 is 1.25 bits per heavy atom. The van der Waals surface area contributed by atoms with Crippen LogP contribution in [0.3, 0.4) is 0 Å². The van der Waals surface area contributed by atoms with Crippen LogP contribution in [0.2, 0.25) is 0 Å². The van der Waals surface area contributed by atoms with Gasteiger partial charge in [0.25, 0.3) is 0 Å². The van der Waals surface area contributed by atoms with Crippen LogP contribution in [0.15, 0.2) is 42.6 Å². The molecule has 1 heterocycles. The molecular formula is C12H8FNO2. The summed E-state index contributed by atoms with van der Waals surface area (Å²) in [5.41, 5.74) is 0.658. The average molecular weight is 217 g/mol. The van der Waals surface area contributed by atoms with Gasteiger partial charge < -0.3 is 5.11 Å². The molecule has 0 aliphatic rings. The van der Waals surface area contributed by atoms with E-state index in [-0.39, 0.29) is 11.1 Å². The van der Waals surface area contributed by atoms with E-state index < -0.39 is 11.8 Å². The zero-order chi connectivity index (χ0) is 11.5. The number of carboxylic acid groups (broad SMARTS) is 1. The molecule has 2 rings (SSSR count). The summed E-state index contributed by atoms with van der Waals surface area (Å²) in [6, 6.07) is 8.69. The van der Waals surface area contributed by atoms with Gasteiger partial charge >= 0.3 is 5.97 Å². The van der Waals surface area contributed by atoms with Crippen LogP contribution in [-0.2, 0) is 0 Å². The van der Waals surface area contributed by atoms with Gasteiger partial charge in [0, 0.05) is 11.8 Å². The number of halogens is 1. The Bertz CT molecular complexity index is 526. The van der Waals surface area contributed by atoms with Crippen molar-refractivity contribution in [3.05, 3.63) is 54.0 Å². The van der Waals surface area contributed by atoms with Crippen molar-refractivity contribution in [2.24, 2.45) is 0 Å². The first-order chi connectivity index (χ1) is 7.68. The number of hydrogen-bond acceptors (Lipinski definition) is 2. The molecule has 0 unspecified atom stereocenters. The first-order valence-corrected chi connectivity index (χ1v) is 4.63. The van der Waals surface area contributed by atoms with Crippen LogP contribution in [0.25, 0.3) is 11.3 Å². The third-order valence-corrected chi connectivity index (χ3v) is 2.15. The molecule has 0 saturated heterocycles. The quantitative estimate of drug-likeness (QED) is 0.841. The van der Waals surface area contributed by atoms with Crippen LogP contribution < -0.4 is 0 Å². The predicted octanol–water partition coefficient (Wildman–Crippen LogP) is 2.59. The summed E-state index contributed by atoms with van der Waals surface area (Å²) in [6.07, 6.45) is 1.53. The Morgan fingerprint density at radius 3 is 2.69 bits per heavy atom. The molecule has 0 aliphatic carbocycles. The lowest BCUT2D eigenvalue weighted by atomic mass is 10.1. The van der Waals surface area contributed by atoms with Gasteiger partial charge in [0.15, 0.2) is 0 Å². The highest BCUT2D eigenvalue weighted by Gasteiger charge is 2.10. The Labute approximate surface area is 91.2 Å². The molecule has 2 aromatic rings. The van der Waals surface area contributed by atoms with E-state index in [1.165, 1.54) is 18.3 Å². The minimum Gasteiger partial charge on any atom is -0.478 e. The molecule has 0 spiro atoms. The molecule has 0 fully saturated rings. The second-order valence-corrected chi connectivity index (χ2v) is 3.21. The van der Waals surface area contributed by atoms with Crippen LogP contribution in [0.5, 0.6) is 0 Å². The van der Waals surface area contributed by atoms with Crippen molar-refractivity contribution in [2.75, 3.05) is 0 Å². The highest BCUT2D eigenvalue weighted by molar-refractivity contribution is 5.89. The summed E-state index contributed by atoms with van der Waals surface area (Å²) in [7, 11) is 0. The molecule has 80 valence electrons. The Hall–Kier alpha value is -2.23. The number of hydrogen-bond donors (Lipinski definition) is 1. The first kappa shape index (κ1) is 10.3. The van der Waals surface area contributed by atoms with Gasteiger partial charge in [-0.25, -0.2) is 9.18 Å². The Kier molecular flexibility index (Phi) is 2.64. The summed E-state index contributed by atoms with van der Waals surface area (Å²) in [6.45, 7) is 0. The largest absolute Gasteiger partial charge is 0.478 e. The topological polar surface area (TPSA) is 50.2 Å². The van der Waals surface area contributed by atoms with Crippen LogP contribution in [-0.4, -0.2) is 16.1 Å². The van der Waals surface area contributed by atoms with E-state index in [1.807, 2.05) is 0 Å². The number of pyridine rings is 1. The highest BCUT2D eigenvalue weighted by Crippen LogP contribution is 2.21. The first-order valence-electron chi connectivity index (χ1n) is 4.63. The van der Waals surface area contributed by atoms with Crippen molar-refractivity contribution < 1.29 is 14.3 Å². The molecule has 0 aliphatic heterocycles. The molecule has 0 bridgehead atoms. The predicted molar refractivity (Wildman–Crippen MR) is 56.6 cm³/mol. The van der Waals surface area contributed by atoms with E-state index in [0.29, 0.717) is 5.69 Å². The van der Waals surface area contributed by atoms with Gasteiger partial charge in [0.05, 0.1) is 11.3 Å². The summed E-state index contributed by atoms with van der Waals surface area (Å²) < 4.78 is 13.5. The van der Waals surface area contributed by atoms with Crippen molar-refractivity contribution in [2.45, 2.75) is 0 Å². The van der Waals surface area contributed by atoms with Gasteiger partial charge in [-0.15, -0.1) is 0 Å². The normalized spacial score (nSPS) is 10.1. The molecular weight excluding hydrogens is 209 g/mol. The van der Waals surface area contributed by atoms with E-state index in [9.17, 15) is 9.18 Å². The zero-order valence-electron chi connectivity index (χ0n) is 8.22. The van der Waals surface area contributed by atoms with E-state index in [1.54, 1.807) is 18.2 Å². The Morgan fingerprint density at radius 2 is 2.06 bits per heavy atom. The second kappa shape index (κ2) is 4.10. The number of rotatable bonds is 2. The summed E-state index contributed by atoms with van der Waals surface area (Å²) >= 11 is 0. The molecule has 1 aromatic heterocycles. The SMILES string of the molecule is O=C(O)c1ccc(F)c(-c2ccccn2)c1. The lowest BCUT2D eigenvalue weighted by Gasteiger charge is -2.03. The number of benzene rings is 1. The highest BCUT2D eigenvalue weighted by atomic mass is 19.1. The molecule has 16 heavy (non-hydrogen) atoms. The molecule has 0 radical (unpaired) electrons. The molecule has 0 atom stereocenters. The van der Waals surface area contributed by atoms with Gasteiger partial charge in [0.2, 0.25) is 0 Å². The number of aromatic nitrogens is 1. The number of nitrogens with zero attached hydrogens (tertiary/aromatic N) is 1. The third-order valence-electron chi connectivity index (χ3n) is 2.15. The van der Waals surface area contributed by atoms with Crippen molar-refractivity contribution in [1.29, 1.82) is 0 Å². The lowest BCUT2D eigenvalue weighted by molar-refractivity contribution is 0.0697. The summed E-state index contributed by atoms with van der Waals surface area (Å²) in [4.78, 5) is 14.7. The van der Waals surface area contributed by atoms with Gasteiger partial charge in [-0.05, 0) is 30.3 Å². The van der Waals surface area contributed by atoms with E-state index >= 15 is 0 Å². The third kappa shape index (κ3) is 1.91. The van der Waals surface area contributed by atoms with Crippen LogP contribution >= 0.6 is 0 Å². The van der Waals surface area contributed by atoms with Gasteiger partial charge in [-0.2, -0.15) is 0 Å². The minimum atomic E-state index is -1.09. The van der Waals surface area contributed by atoms with E-state index in [2.05, 4.69) is 4.98 Å². The lowest BCUT2D eigenvalue weighted by Crippen LogP contribution is -1.98. The van der Waals surface area contributed by atoms with Crippen molar-refractivity contribution in [1.82, 2.24) is 4.98 Å². The molecule has 3 nitrogen and oxygen atoms in total. The second-order valence-electron chi connectivity index (χ2n) is 3.21. The number of aromatic carboxylic acids is 1. The van der Waals surface area contributed by atoms with Crippen LogP contribution in [0.4, 0.5) is 4.39 Å². The molecule has 1 N–H and O–H groups in total. The van der Waals surface area contributed by atoms with Crippen LogP contribution in [0.1, 0.15) is 10.4 Å². The average Bonchev–Trinajstić information content (AvgIpc) is 2.30. The Balaban J connectivity index is 2.56. The fourth-order valence-electron chi connectivity index (χ4n) is 1.38. The fraction of sp³-hybridized carbons (Fsp3) is 0. The molecule has 4 heteroatoms. The molecule has 0 saturated carbocycles. The maximum Gasteiger partial charge on any atom is 0.335 e. The number of carboxylic acids is 1. The zero-order valence-corrected chi connectivity index (χ0v) is 8.22.